The molecule has 1 heterocycles. The third-order valence-electron chi connectivity index (χ3n) is 4.61. The van der Waals surface area contributed by atoms with Crippen LogP contribution in [-0.4, -0.2) is 55.2 Å². The number of carbonyl (C=O) groups is 2. The van der Waals surface area contributed by atoms with Gasteiger partial charge in [-0.05, 0) is 29.8 Å². The summed E-state index contributed by atoms with van der Waals surface area (Å²) in [7, 11) is 0. The van der Waals surface area contributed by atoms with Crippen LogP contribution in [0, 0.1) is 0 Å². The van der Waals surface area contributed by atoms with E-state index in [1.54, 1.807) is 0 Å². The molecule has 0 aliphatic carbocycles. The minimum Gasteiger partial charge on any atom is -0.368 e. The van der Waals surface area contributed by atoms with Gasteiger partial charge in [0.25, 0.3) is 0 Å². The van der Waals surface area contributed by atoms with Crippen molar-refractivity contribution in [1.29, 1.82) is 0 Å². The van der Waals surface area contributed by atoms with Crippen molar-refractivity contribution in [1.82, 2.24) is 10.2 Å². The summed E-state index contributed by atoms with van der Waals surface area (Å²) in [5.41, 5.74) is 2.30. The normalized spacial score (nSPS) is 14.0. The highest BCUT2D eigenvalue weighted by atomic mass is 35.5. The number of carbonyl (C=O) groups excluding carboxylic acids is 2. The van der Waals surface area contributed by atoms with Crippen LogP contribution in [0.15, 0.2) is 54.6 Å². The largest absolute Gasteiger partial charge is 0.368 e. The summed E-state index contributed by atoms with van der Waals surface area (Å²) in [5, 5.41) is 3.44. The number of thioether (sulfide) groups is 1. The van der Waals surface area contributed by atoms with Gasteiger partial charge in [-0.25, -0.2) is 0 Å². The number of nitrogens with one attached hydrogen (secondary N) is 1. The first-order valence-electron chi connectivity index (χ1n) is 9.28. The Bertz CT molecular complexity index is 778. The van der Waals surface area contributed by atoms with Crippen molar-refractivity contribution in [2.24, 2.45) is 0 Å². The highest BCUT2D eigenvalue weighted by Crippen LogP contribution is 2.16. The maximum Gasteiger partial charge on any atom is 0.242 e. The predicted octanol–water partition coefficient (Wildman–Crippen LogP) is 3.04. The molecule has 1 aliphatic heterocycles. The third kappa shape index (κ3) is 6.17. The van der Waals surface area contributed by atoms with E-state index in [1.165, 1.54) is 17.4 Å². The summed E-state index contributed by atoms with van der Waals surface area (Å²) in [4.78, 5) is 28.4. The van der Waals surface area contributed by atoms with E-state index in [2.05, 4.69) is 22.3 Å². The molecule has 28 heavy (non-hydrogen) atoms. The Morgan fingerprint density at radius 2 is 1.64 bits per heavy atom. The lowest BCUT2D eigenvalue weighted by atomic mass is 10.2. The van der Waals surface area contributed by atoms with E-state index in [0.717, 1.165) is 24.4 Å². The minimum atomic E-state index is -0.116. The van der Waals surface area contributed by atoms with E-state index in [0.29, 0.717) is 23.9 Å². The maximum atomic E-state index is 12.3. The second-order valence-corrected chi connectivity index (χ2v) is 8.02. The zero-order chi connectivity index (χ0) is 19.8. The van der Waals surface area contributed by atoms with Gasteiger partial charge in [0.15, 0.2) is 0 Å². The Labute approximate surface area is 175 Å². The van der Waals surface area contributed by atoms with Crippen LogP contribution < -0.4 is 10.2 Å². The Balaban J connectivity index is 1.33. The molecule has 0 bridgehead atoms. The number of anilines is 1. The van der Waals surface area contributed by atoms with Crippen LogP contribution in [0.2, 0.25) is 5.02 Å². The van der Waals surface area contributed by atoms with Gasteiger partial charge in [-0.15, -0.1) is 11.8 Å². The summed E-state index contributed by atoms with van der Waals surface area (Å²) < 4.78 is 0. The van der Waals surface area contributed by atoms with Crippen molar-refractivity contribution in [3.63, 3.8) is 0 Å². The zero-order valence-corrected chi connectivity index (χ0v) is 17.2. The SMILES string of the molecule is O=C(CSCc1ccc(Cl)cc1)NCC(=O)N1CCN(c2ccccc2)CC1. The van der Waals surface area contributed by atoms with Crippen LogP contribution in [0.5, 0.6) is 0 Å². The number of rotatable bonds is 7. The molecule has 0 aromatic heterocycles. The number of piperazine rings is 1. The monoisotopic (exact) mass is 417 g/mol. The molecule has 2 amide bonds. The lowest BCUT2D eigenvalue weighted by molar-refractivity contribution is -0.132. The summed E-state index contributed by atoms with van der Waals surface area (Å²) in [6.45, 7) is 3.02. The van der Waals surface area contributed by atoms with Gasteiger partial charge < -0.3 is 15.1 Å². The molecule has 3 rings (SSSR count). The van der Waals surface area contributed by atoms with Crippen LogP contribution in [0.25, 0.3) is 0 Å². The fourth-order valence-electron chi connectivity index (χ4n) is 3.03. The summed E-state index contributed by atoms with van der Waals surface area (Å²) in [6, 6.07) is 17.8. The van der Waals surface area contributed by atoms with Gasteiger partial charge in [0.2, 0.25) is 11.8 Å². The van der Waals surface area contributed by atoms with Crippen LogP contribution in [0.3, 0.4) is 0 Å². The number of hydrogen-bond donors (Lipinski definition) is 1. The van der Waals surface area contributed by atoms with E-state index in [4.69, 9.17) is 11.6 Å². The van der Waals surface area contributed by atoms with Gasteiger partial charge in [-0.2, -0.15) is 0 Å². The van der Waals surface area contributed by atoms with Crippen LogP contribution in [0.4, 0.5) is 5.69 Å². The van der Waals surface area contributed by atoms with E-state index >= 15 is 0 Å². The van der Waals surface area contributed by atoms with Gasteiger partial charge >= 0.3 is 0 Å². The average molecular weight is 418 g/mol. The smallest absolute Gasteiger partial charge is 0.242 e. The Morgan fingerprint density at radius 1 is 0.964 bits per heavy atom. The Kier molecular flexibility index (Phi) is 7.62. The molecule has 1 saturated heterocycles. The Morgan fingerprint density at radius 3 is 2.32 bits per heavy atom. The molecule has 2 aromatic rings. The highest BCUT2D eigenvalue weighted by Gasteiger charge is 2.21. The number of halogens is 1. The van der Waals surface area contributed by atoms with E-state index in [-0.39, 0.29) is 18.4 Å². The molecule has 1 N–H and O–H groups in total. The standard InChI is InChI=1S/C21H24ClN3O2S/c22-18-8-6-17(7-9-18)15-28-16-20(26)23-14-21(27)25-12-10-24(11-13-25)19-4-2-1-3-5-19/h1-9H,10-16H2,(H,23,26). The summed E-state index contributed by atoms with van der Waals surface area (Å²) in [6.07, 6.45) is 0. The lowest BCUT2D eigenvalue weighted by Gasteiger charge is -2.36. The number of para-hydroxylation sites is 1. The number of nitrogens with zero attached hydrogens (tertiary/aromatic N) is 2. The molecular weight excluding hydrogens is 394 g/mol. The zero-order valence-electron chi connectivity index (χ0n) is 15.6. The molecule has 0 unspecified atom stereocenters. The number of hydrogen-bond acceptors (Lipinski definition) is 4. The van der Waals surface area contributed by atoms with Gasteiger partial charge in [-0.1, -0.05) is 41.9 Å². The quantitative estimate of drug-likeness (QED) is 0.752. The molecular formula is C21H24ClN3O2S. The molecule has 1 aliphatic rings. The van der Waals surface area contributed by atoms with Gasteiger partial charge in [-0.3, -0.25) is 9.59 Å². The second-order valence-electron chi connectivity index (χ2n) is 6.60. The second kappa shape index (κ2) is 10.4. The van der Waals surface area contributed by atoms with Crippen LogP contribution >= 0.6 is 23.4 Å². The van der Waals surface area contributed by atoms with Crippen LogP contribution in [0.1, 0.15) is 5.56 Å². The van der Waals surface area contributed by atoms with Crippen molar-refractivity contribution in [3.8, 4) is 0 Å². The molecule has 0 saturated carbocycles. The molecule has 5 nitrogen and oxygen atoms in total. The maximum absolute atomic E-state index is 12.3. The van der Waals surface area contributed by atoms with E-state index in [9.17, 15) is 9.59 Å². The fraction of sp³-hybridized carbons (Fsp3) is 0.333. The molecule has 2 aromatic carbocycles. The van der Waals surface area contributed by atoms with E-state index in [1.807, 2.05) is 47.4 Å². The molecule has 148 valence electrons. The molecule has 0 atom stereocenters. The molecule has 7 heteroatoms. The molecule has 0 spiro atoms. The predicted molar refractivity (Wildman–Crippen MR) is 116 cm³/mol. The molecule has 1 fully saturated rings. The van der Waals surface area contributed by atoms with Crippen LogP contribution in [-0.2, 0) is 15.3 Å². The first-order valence-corrected chi connectivity index (χ1v) is 10.8. The van der Waals surface area contributed by atoms with Crippen molar-refractivity contribution in [2.45, 2.75) is 5.75 Å². The highest BCUT2D eigenvalue weighted by molar-refractivity contribution is 7.99. The van der Waals surface area contributed by atoms with Gasteiger partial charge in [0.1, 0.15) is 0 Å². The number of amides is 2. The van der Waals surface area contributed by atoms with E-state index < -0.39 is 0 Å². The topological polar surface area (TPSA) is 52.7 Å². The summed E-state index contributed by atoms with van der Waals surface area (Å²) in [5.74, 6) is 0.927. The number of benzene rings is 2. The lowest BCUT2D eigenvalue weighted by Crippen LogP contribution is -2.51. The fourth-order valence-corrected chi connectivity index (χ4v) is 3.98. The molecule has 0 radical (unpaired) electrons. The third-order valence-corrected chi connectivity index (χ3v) is 5.86. The Hall–Kier alpha value is -2.18. The van der Waals surface area contributed by atoms with Crippen molar-refractivity contribution < 1.29 is 9.59 Å². The van der Waals surface area contributed by atoms with Crippen molar-refractivity contribution in [2.75, 3.05) is 43.4 Å². The average Bonchev–Trinajstić information content (AvgIpc) is 2.74. The minimum absolute atomic E-state index is 0.0243. The van der Waals surface area contributed by atoms with Crippen molar-refractivity contribution >= 4 is 40.9 Å². The van der Waals surface area contributed by atoms with Gasteiger partial charge in [0, 0.05) is 42.6 Å². The first kappa shape index (κ1) is 20.6. The van der Waals surface area contributed by atoms with Crippen molar-refractivity contribution in [3.05, 3.63) is 65.2 Å². The first-order chi connectivity index (χ1) is 13.6. The summed E-state index contributed by atoms with van der Waals surface area (Å²) >= 11 is 7.38. The van der Waals surface area contributed by atoms with Gasteiger partial charge in [0.05, 0.1) is 12.3 Å².